The fraction of sp³-hybridized carbons (Fsp3) is 0.500. The molecule has 0 saturated heterocycles. The van der Waals surface area contributed by atoms with Crippen LogP contribution < -0.4 is 16.8 Å². The Hall–Kier alpha value is -1.45. The van der Waals surface area contributed by atoms with Crippen molar-refractivity contribution in [2.24, 2.45) is 16.5 Å². The highest BCUT2D eigenvalue weighted by Gasteiger charge is 2.17. The number of rotatable bonds is 1. The normalized spacial score (nSPS) is 25.3. The van der Waals surface area contributed by atoms with Crippen molar-refractivity contribution in [3.05, 3.63) is 23.4 Å². The van der Waals surface area contributed by atoms with Crippen molar-refractivity contribution in [3.8, 4) is 0 Å². The van der Waals surface area contributed by atoms with Crippen LogP contribution in [0.3, 0.4) is 0 Å². The Balaban J connectivity index is 2.12. The third-order valence-corrected chi connectivity index (χ3v) is 2.63. The summed E-state index contributed by atoms with van der Waals surface area (Å²) < 4.78 is 0. The van der Waals surface area contributed by atoms with Crippen molar-refractivity contribution in [3.63, 3.8) is 0 Å². The molecule has 0 aromatic heterocycles. The summed E-state index contributed by atoms with van der Waals surface area (Å²) in [6.45, 7) is 0. The number of nitrogens with zero attached hydrogens (tertiary/aromatic N) is 1. The molecule has 1 fully saturated rings. The minimum absolute atomic E-state index is 0.0724. The molecule has 0 amide bonds. The Morgan fingerprint density at radius 2 is 2.00 bits per heavy atom. The molecule has 0 aromatic carbocycles. The van der Waals surface area contributed by atoms with Gasteiger partial charge in [-0.3, -0.25) is 0 Å². The largest absolute Gasteiger partial charge is 0.370 e. The molecule has 2 rings (SSSR count). The molecule has 0 bridgehead atoms. The Morgan fingerprint density at radius 3 is 2.71 bits per heavy atom. The SMILES string of the molecule is NC(N)=NC1C=C2CCCCC2=CN1. The summed E-state index contributed by atoms with van der Waals surface area (Å²) in [7, 11) is 0. The fourth-order valence-electron chi connectivity index (χ4n) is 1.97. The van der Waals surface area contributed by atoms with Crippen LogP contribution in [-0.2, 0) is 0 Å². The number of nitrogens with two attached hydrogens (primary N) is 2. The van der Waals surface area contributed by atoms with Crippen LogP contribution in [0.1, 0.15) is 25.7 Å². The predicted molar refractivity (Wildman–Crippen MR) is 57.4 cm³/mol. The van der Waals surface area contributed by atoms with Crippen molar-refractivity contribution in [2.75, 3.05) is 0 Å². The highest BCUT2D eigenvalue weighted by Crippen LogP contribution is 2.30. The minimum atomic E-state index is -0.0724. The maximum atomic E-state index is 5.33. The van der Waals surface area contributed by atoms with Gasteiger partial charge in [0.25, 0.3) is 0 Å². The number of hydrogen-bond acceptors (Lipinski definition) is 2. The van der Waals surface area contributed by atoms with Crippen LogP contribution in [0.5, 0.6) is 0 Å². The first kappa shape index (κ1) is 9.12. The molecule has 76 valence electrons. The van der Waals surface area contributed by atoms with E-state index in [2.05, 4.69) is 16.4 Å². The van der Waals surface area contributed by atoms with Crippen LogP contribution >= 0.6 is 0 Å². The van der Waals surface area contributed by atoms with E-state index in [4.69, 9.17) is 11.5 Å². The van der Waals surface area contributed by atoms with Crippen LogP contribution in [0.25, 0.3) is 0 Å². The first-order chi connectivity index (χ1) is 6.75. The molecule has 0 radical (unpaired) electrons. The maximum absolute atomic E-state index is 5.33. The number of hydrogen-bond donors (Lipinski definition) is 3. The Kier molecular flexibility index (Phi) is 2.43. The fourth-order valence-corrected chi connectivity index (χ4v) is 1.97. The number of dihydropyridines is 1. The third-order valence-electron chi connectivity index (χ3n) is 2.63. The molecular formula is C10H16N4. The second-order valence-electron chi connectivity index (χ2n) is 3.73. The number of fused-ring (bicyclic) bond motifs is 1. The average molecular weight is 192 g/mol. The first-order valence-corrected chi connectivity index (χ1v) is 5.00. The molecule has 4 heteroatoms. The van der Waals surface area contributed by atoms with E-state index in [9.17, 15) is 0 Å². The van der Waals surface area contributed by atoms with Gasteiger partial charge in [0.1, 0.15) is 6.17 Å². The first-order valence-electron chi connectivity index (χ1n) is 5.00. The third kappa shape index (κ3) is 1.89. The molecule has 1 unspecified atom stereocenters. The monoisotopic (exact) mass is 192 g/mol. The summed E-state index contributed by atoms with van der Waals surface area (Å²) in [4.78, 5) is 4.07. The van der Waals surface area contributed by atoms with Gasteiger partial charge >= 0.3 is 0 Å². The van der Waals surface area contributed by atoms with Gasteiger partial charge < -0.3 is 16.8 Å². The molecule has 0 aromatic rings. The van der Waals surface area contributed by atoms with Crippen LogP contribution in [0.2, 0.25) is 0 Å². The van der Waals surface area contributed by atoms with Gasteiger partial charge in [0.2, 0.25) is 0 Å². The molecule has 1 heterocycles. The zero-order valence-corrected chi connectivity index (χ0v) is 8.16. The Bertz CT molecular complexity index is 310. The zero-order valence-electron chi connectivity index (χ0n) is 8.16. The molecule has 1 atom stereocenters. The number of allylic oxidation sites excluding steroid dienone is 2. The van der Waals surface area contributed by atoms with E-state index in [1.165, 1.54) is 30.4 Å². The van der Waals surface area contributed by atoms with Crippen LogP contribution in [0, 0.1) is 0 Å². The van der Waals surface area contributed by atoms with E-state index in [-0.39, 0.29) is 12.1 Å². The van der Waals surface area contributed by atoms with Gasteiger partial charge in [-0.15, -0.1) is 0 Å². The molecular weight excluding hydrogens is 176 g/mol. The lowest BCUT2D eigenvalue weighted by atomic mass is 9.88. The summed E-state index contributed by atoms with van der Waals surface area (Å²) in [5, 5.41) is 3.16. The second kappa shape index (κ2) is 3.74. The molecule has 0 spiro atoms. The van der Waals surface area contributed by atoms with Crippen molar-refractivity contribution in [1.82, 2.24) is 5.32 Å². The average Bonchev–Trinajstić information content (AvgIpc) is 2.17. The molecule has 1 aliphatic carbocycles. The van der Waals surface area contributed by atoms with Gasteiger partial charge in [0.15, 0.2) is 5.96 Å². The molecule has 1 aliphatic heterocycles. The van der Waals surface area contributed by atoms with Gasteiger partial charge in [-0.1, -0.05) is 0 Å². The van der Waals surface area contributed by atoms with Crippen molar-refractivity contribution < 1.29 is 0 Å². The van der Waals surface area contributed by atoms with Gasteiger partial charge in [-0.25, -0.2) is 4.99 Å². The smallest absolute Gasteiger partial charge is 0.188 e. The van der Waals surface area contributed by atoms with Gasteiger partial charge in [0, 0.05) is 6.20 Å². The summed E-state index contributed by atoms with van der Waals surface area (Å²) in [6.07, 6.45) is 8.99. The molecule has 2 aliphatic rings. The summed E-state index contributed by atoms with van der Waals surface area (Å²) in [6, 6.07) is 0. The Morgan fingerprint density at radius 1 is 1.29 bits per heavy atom. The van der Waals surface area contributed by atoms with Crippen molar-refractivity contribution in [2.45, 2.75) is 31.8 Å². The van der Waals surface area contributed by atoms with E-state index in [0.29, 0.717) is 0 Å². The van der Waals surface area contributed by atoms with Crippen molar-refractivity contribution in [1.29, 1.82) is 0 Å². The topological polar surface area (TPSA) is 76.4 Å². The van der Waals surface area contributed by atoms with E-state index in [1.807, 2.05) is 6.20 Å². The number of nitrogens with one attached hydrogen (secondary N) is 1. The van der Waals surface area contributed by atoms with Gasteiger partial charge in [0.05, 0.1) is 0 Å². The maximum Gasteiger partial charge on any atom is 0.188 e. The molecule has 5 N–H and O–H groups in total. The number of aliphatic imine (C=N–C) groups is 1. The highest BCUT2D eigenvalue weighted by atomic mass is 15.1. The molecule has 4 nitrogen and oxygen atoms in total. The molecule has 14 heavy (non-hydrogen) atoms. The summed E-state index contributed by atoms with van der Waals surface area (Å²) in [5.41, 5.74) is 13.5. The van der Waals surface area contributed by atoms with E-state index in [1.54, 1.807) is 0 Å². The lowest BCUT2D eigenvalue weighted by Crippen LogP contribution is -2.31. The van der Waals surface area contributed by atoms with Crippen molar-refractivity contribution >= 4 is 5.96 Å². The standard InChI is InChI=1S/C10H16N4/c11-10(12)14-9-5-7-3-1-2-4-8(7)6-13-9/h5-6,9,13H,1-4H2,(H4,11,12,14). The minimum Gasteiger partial charge on any atom is -0.370 e. The van der Waals surface area contributed by atoms with Crippen LogP contribution in [-0.4, -0.2) is 12.1 Å². The number of guanidine groups is 1. The van der Waals surface area contributed by atoms with E-state index >= 15 is 0 Å². The summed E-state index contributed by atoms with van der Waals surface area (Å²) in [5.74, 6) is 0.131. The van der Waals surface area contributed by atoms with E-state index in [0.717, 1.165) is 6.42 Å². The van der Waals surface area contributed by atoms with Gasteiger partial charge in [-0.05, 0) is 42.9 Å². The van der Waals surface area contributed by atoms with E-state index < -0.39 is 0 Å². The highest BCUT2D eigenvalue weighted by molar-refractivity contribution is 5.76. The lowest BCUT2D eigenvalue weighted by Gasteiger charge is -2.25. The lowest BCUT2D eigenvalue weighted by molar-refractivity contribution is 0.629. The van der Waals surface area contributed by atoms with Crippen LogP contribution in [0.4, 0.5) is 0 Å². The Labute approximate surface area is 83.8 Å². The zero-order chi connectivity index (χ0) is 9.97. The quantitative estimate of drug-likeness (QED) is 0.420. The second-order valence-corrected chi connectivity index (χ2v) is 3.73. The predicted octanol–water partition coefficient (Wildman–Crippen LogP) is 0.573. The molecule has 1 saturated carbocycles. The van der Waals surface area contributed by atoms with Gasteiger partial charge in [-0.2, -0.15) is 0 Å². The summed E-state index contributed by atoms with van der Waals surface area (Å²) >= 11 is 0. The van der Waals surface area contributed by atoms with Crippen LogP contribution in [0.15, 0.2) is 28.4 Å².